The molecule has 4 rings (SSSR count). The number of fused-ring (bicyclic) bond motifs is 1. The van der Waals surface area contributed by atoms with Gasteiger partial charge in [-0.15, -0.1) is 0 Å². The molecule has 7 nitrogen and oxygen atoms in total. The van der Waals surface area contributed by atoms with Crippen LogP contribution in [0.15, 0.2) is 78.2 Å². The van der Waals surface area contributed by atoms with Crippen molar-refractivity contribution in [2.45, 2.75) is 18.4 Å². The Kier molecular flexibility index (Phi) is 7.74. The van der Waals surface area contributed by atoms with E-state index in [1.54, 1.807) is 36.9 Å². The van der Waals surface area contributed by atoms with Gasteiger partial charge in [0.05, 0.1) is 23.5 Å². The van der Waals surface area contributed by atoms with Crippen LogP contribution in [0, 0.1) is 6.92 Å². The summed E-state index contributed by atoms with van der Waals surface area (Å²) in [5.74, 6) is 0. The summed E-state index contributed by atoms with van der Waals surface area (Å²) in [6.45, 7) is 3.46. The highest BCUT2D eigenvalue weighted by Crippen LogP contribution is 2.26. The summed E-state index contributed by atoms with van der Waals surface area (Å²) in [5.41, 5.74) is 2.60. The van der Waals surface area contributed by atoms with Crippen molar-refractivity contribution in [2.75, 3.05) is 19.6 Å². The molecule has 0 atom stereocenters. The molecule has 0 bridgehead atoms. The van der Waals surface area contributed by atoms with E-state index in [9.17, 15) is 8.42 Å². The summed E-state index contributed by atoms with van der Waals surface area (Å²) in [4.78, 5) is 11.7. The first kappa shape index (κ1) is 24.1. The number of H-pyrrole nitrogens is 1. The minimum Gasteiger partial charge on any atom is -0.348 e. The molecule has 34 heavy (non-hydrogen) atoms. The van der Waals surface area contributed by atoms with Gasteiger partial charge >= 0.3 is 0 Å². The number of pyridine rings is 1. The van der Waals surface area contributed by atoms with Gasteiger partial charge < -0.3 is 10.3 Å². The van der Waals surface area contributed by atoms with Crippen molar-refractivity contribution < 1.29 is 8.42 Å². The van der Waals surface area contributed by atoms with E-state index in [4.69, 9.17) is 11.6 Å². The topological polar surface area (TPSA) is 91.0 Å². The van der Waals surface area contributed by atoms with Crippen molar-refractivity contribution >= 4 is 38.5 Å². The van der Waals surface area contributed by atoms with E-state index in [0.29, 0.717) is 35.7 Å². The second-order valence-electron chi connectivity index (χ2n) is 7.82. The van der Waals surface area contributed by atoms with Gasteiger partial charge in [0.1, 0.15) is 0 Å². The Morgan fingerprint density at radius 2 is 1.97 bits per heavy atom. The van der Waals surface area contributed by atoms with Crippen molar-refractivity contribution in [3.05, 3.63) is 95.3 Å². The average molecular weight is 496 g/mol. The normalized spacial score (nSPS) is 12.2. The number of nitrogens with zero attached hydrogens (tertiary/aromatic N) is 3. The smallest absolute Gasteiger partial charge is 0.244 e. The van der Waals surface area contributed by atoms with Gasteiger partial charge in [-0.05, 0) is 36.8 Å². The highest BCUT2D eigenvalue weighted by molar-refractivity contribution is 7.89. The molecule has 2 aromatic carbocycles. The number of nitrogens with one attached hydrogen (secondary N) is 2. The predicted molar refractivity (Wildman–Crippen MR) is 136 cm³/mol. The number of aromatic nitrogens is 3. The van der Waals surface area contributed by atoms with Gasteiger partial charge in [-0.1, -0.05) is 48.0 Å². The highest BCUT2D eigenvalue weighted by atomic mass is 35.5. The van der Waals surface area contributed by atoms with Crippen LogP contribution in [0.4, 0.5) is 0 Å². The van der Waals surface area contributed by atoms with E-state index in [2.05, 4.69) is 20.3 Å². The summed E-state index contributed by atoms with van der Waals surface area (Å²) in [6, 6.07) is 14.6. The molecule has 0 fully saturated rings. The summed E-state index contributed by atoms with van der Waals surface area (Å²) in [5, 5.41) is 5.43. The molecular weight excluding hydrogens is 470 g/mol. The van der Waals surface area contributed by atoms with Crippen LogP contribution in [-0.2, 0) is 16.6 Å². The van der Waals surface area contributed by atoms with Crippen molar-refractivity contribution in [2.24, 2.45) is 0 Å². The molecule has 9 heteroatoms. The lowest BCUT2D eigenvalue weighted by Crippen LogP contribution is -2.37. The lowest BCUT2D eigenvalue weighted by atomic mass is 10.2. The van der Waals surface area contributed by atoms with Crippen molar-refractivity contribution in [3.63, 3.8) is 0 Å². The molecule has 0 spiro atoms. The quantitative estimate of drug-likeness (QED) is 0.318. The zero-order valence-electron chi connectivity index (χ0n) is 18.8. The molecule has 4 aromatic rings. The Balaban J connectivity index is 1.49. The third-order valence-electron chi connectivity index (χ3n) is 5.50. The monoisotopic (exact) mass is 495 g/mol. The van der Waals surface area contributed by atoms with Crippen LogP contribution in [0.5, 0.6) is 0 Å². The zero-order valence-corrected chi connectivity index (χ0v) is 20.4. The minimum absolute atomic E-state index is 0.182. The molecule has 0 aliphatic rings. The molecule has 0 aliphatic heterocycles. The van der Waals surface area contributed by atoms with Crippen molar-refractivity contribution in [1.82, 2.24) is 24.6 Å². The first-order chi connectivity index (χ1) is 16.4. The second kappa shape index (κ2) is 10.9. The van der Waals surface area contributed by atoms with Gasteiger partial charge in [0.25, 0.3) is 0 Å². The van der Waals surface area contributed by atoms with E-state index < -0.39 is 10.0 Å². The molecule has 0 unspecified atom stereocenters. The summed E-state index contributed by atoms with van der Waals surface area (Å²) >= 11 is 5.92. The van der Waals surface area contributed by atoms with Gasteiger partial charge in [-0.2, -0.15) is 4.31 Å². The number of sulfonamides is 1. The molecule has 0 aliphatic carbocycles. The van der Waals surface area contributed by atoms with Crippen LogP contribution in [0.2, 0.25) is 5.02 Å². The van der Waals surface area contributed by atoms with Gasteiger partial charge in [0.15, 0.2) is 0 Å². The van der Waals surface area contributed by atoms with Gasteiger partial charge in [-0.25, -0.2) is 13.4 Å². The van der Waals surface area contributed by atoms with Crippen molar-refractivity contribution in [1.29, 1.82) is 0 Å². The summed E-state index contributed by atoms with van der Waals surface area (Å²) in [7, 11) is -3.78. The largest absolute Gasteiger partial charge is 0.348 e. The van der Waals surface area contributed by atoms with Crippen molar-refractivity contribution in [3.8, 4) is 0 Å². The van der Waals surface area contributed by atoms with Gasteiger partial charge in [-0.3, -0.25) is 4.98 Å². The molecular formula is C25H26ClN5O2S. The maximum atomic E-state index is 13.7. The SMILES string of the molecule is Cc1[nH]cnc1CN(CCNC/C=C/c1ccc(Cl)cc1)S(=O)(=O)c1cccc2cnccc12. The van der Waals surface area contributed by atoms with E-state index in [1.165, 1.54) is 4.31 Å². The van der Waals surface area contributed by atoms with Crippen LogP contribution in [0.3, 0.4) is 0 Å². The number of rotatable bonds is 10. The minimum atomic E-state index is -3.78. The molecule has 2 aromatic heterocycles. The third kappa shape index (κ3) is 5.71. The number of benzene rings is 2. The lowest BCUT2D eigenvalue weighted by Gasteiger charge is -2.23. The molecule has 176 valence electrons. The standard InChI is InChI=1S/C25H26ClN5O2S/c1-19-24(30-18-29-19)17-31(15-14-27-12-3-4-20-7-9-22(26)10-8-20)34(32,33)25-6-2-5-21-16-28-13-11-23(21)25/h2-11,13,16,18,27H,12,14-15,17H2,1H3,(H,29,30)/b4-3+. The average Bonchev–Trinajstić information content (AvgIpc) is 3.25. The Labute approximate surface area is 204 Å². The number of halogens is 1. The number of hydrogen-bond acceptors (Lipinski definition) is 5. The molecule has 0 radical (unpaired) electrons. The van der Waals surface area contributed by atoms with E-state index in [-0.39, 0.29) is 11.4 Å². The van der Waals surface area contributed by atoms with Crippen LogP contribution in [0.25, 0.3) is 16.8 Å². The molecule has 0 amide bonds. The summed E-state index contributed by atoms with van der Waals surface area (Å²) in [6.07, 6.45) is 8.86. The number of aryl methyl sites for hydroxylation is 1. The molecule has 0 saturated heterocycles. The zero-order chi connectivity index (χ0) is 24.0. The Bertz CT molecular complexity index is 1380. The fraction of sp³-hybridized carbons (Fsp3) is 0.200. The first-order valence-electron chi connectivity index (χ1n) is 10.9. The first-order valence-corrected chi connectivity index (χ1v) is 12.7. The number of hydrogen-bond donors (Lipinski definition) is 2. The maximum Gasteiger partial charge on any atom is 0.244 e. The van der Waals surface area contributed by atoms with Crippen LogP contribution >= 0.6 is 11.6 Å². The lowest BCUT2D eigenvalue weighted by molar-refractivity contribution is 0.399. The van der Waals surface area contributed by atoms with Crippen LogP contribution < -0.4 is 5.32 Å². The highest BCUT2D eigenvalue weighted by Gasteiger charge is 2.27. The Morgan fingerprint density at radius 1 is 1.15 bits per heavy atom. The van der Waals surface area contributed by atoms with E-state index >= 15 is 0 Å². The van der Waals surface area contributed by atoms with Gasteiger partial charge in [0.2, 0.25) is 10.0 Å². The van der Waals surface area contributed by atoms with E-state index in [1.807, 2.05) is 49.4 Å². The van der Waals surface area contributed by atoms with Gasteiger partial charge in [0, 0.05) is 53.5 Å². The third-order valence-corrected chi connectivity index (χ3v) is 7.65. The Morgan fingerprint density at radius 3 is 2.74 bits per heavy atom. The second-order valence-corrected chi connectivity index (χ2v) is 10.2. The number of imidazole rings is 1. The maximum absolute atomic E-state index is 13.7. The fourth-order valence-corrected chi connectivity index (χ4v) is 5.36. The molecule has 2 N–H and O–H groups in total. The Hall–Kier alpha value is -3.04. The number of aromatic amines is 1. The predicted octanol–water partition coefficient (Wildman–Crippen LogP) is 4.41. The molecule has 0 saturated carbocycles. The van der Waals surface area contributed by atoms with Crippen LogP contribution in [-0.4, -0.2) is 47.3 Å². The fourth-order valence-electron chi connectivity index (χ4n) is 3.61. The van der Waals surface area contributed by atoms with E-state index in [0.717, 1.165) is 16.6 Å². The summed E-state index contributed by atoms with van der Waals surface area (Å²) < 4.78 is 28.9. The van der Waals surface area contributed by atoms with Crippen LogP contribution in [0.1, 0.15) is 17.0 Å². The molecule has 2 heterocycles.